The maximum absolute atomic E-state index is 13.2. The third-order valence-electron chi connectivity index (χ3n) is 4.26. The van der Waals surface area contributed by atoms with Crippen molar-refractivity contribution in [2.45, 2.75) is 6.54 Å². The Balaban J connectivity index is 1.78. The molecule has 1 saturated heterocycles. The van der Waals surface area contributed by atoms with Crippen molar-refractivity contribution in [2.24, 2.45) is 0 Å². The Bertz CT molecular complexity index is 763. The van der Waals surface area contributed by atoms with Crippen LogP contribution < -0.4 is 4.90 Å². The summed E-state index contributed by atoms with van der Waals surface area (Å²) in [4.78, 5) is 16.6. The van der Waals surface area contributed by atoms with Crippen LogP contribution in [0.1, 0.15) is 15.9 Å². The predicted molar refractivity (Wildman–Crippen MR) is 99.4 cm³/mol. The molecule has 0 radical (unpaired) electrons. The van der Waals surface area contributed by atoms with E-state index < -0.39 is 0 Å². The van der Waals surface area contributed by atoms with Crippen LogP contribution in [0, 0.1) is 5.82 Å². The van der Waals surface area contributed by atoms with Crippen LogP contribution in [0.2, 0.25) is 0 Å². The highest BCUT2D eigenvalue weighted by Crippen LogP contribution is 2.24. The zero-order valence-electron chi connectivity index (χ0n) is 14.0. The van der Waals surface area contributed by atoms with Gasteiger partial charge in [-0.3, -0.25) is 4.79 Å². The Hall–Kier alpha value is -1.92. The van der Waals surface area contributed by atoms with E-state index in [0.717, 1.165) is 24.3 Å². The van der Waals surface area contributed by atoms with E-state index >= 15 is 0 Å². The lowest BCUT2D eigenvalue weighted by molar-refractivity contribution is 0.0784. The van der Waals surface area contributed by atoms with Crippen molar-refractivity contribution >= 4 is 27.5 Å². The maximum Gasteiger partial charge on any atom is 0.255 e. The predicted octanol–water partition coefficient (Wildman–Crippen LogP) is 3.70. The number of rotatable bonds is 4. The average molecular weight is 407 g/mol. The van der Waals surface area contributed by atoms with E-state index in [1.807, 2.05) is 18.2 Å². The summed E-state index contributed by atoms with van der Waals surface area (Å²) in [7, 11) is 1.76. The SMILES string of the molecule is CN(Cc1ccccc1N1CCOCC1)C(=O)c1ccc(F)cc1Br. The number of anilines is 1. The highest BCUT2D eigenvalue weighted by molar-refractivity contribution is 9.10. The molecule has 0 aromatic heterocycles. The van der Waals surface area contributed by atoms with Gasteiger partial charge in [-0.25, -0.2) is 4.39 Å². The molecule has 1 aliphatic rings. The van der Waals surface area contributed by atoms with Gasteiger partial charge in [-0.15, -0.1) is 0 Å². The summed E-state index contributed by atoms with van der Waals surface area (Å²) in [6, 6.07) is 12.2. The van der Waals surface area contributed by atoms with Crippen LogP contribution in [0.4, 0.5) is 10.1 Å². The molecule has 6 heteroatoms. The Morgan fingerprint density at radius 1 is 1.24 bits per heavy atom. The topological polar surface area (TPSA) is 32.8 Å². The number of amides is 1. The molecule has 25 heavy (non-hydrogen) atoms. The minimum atomic E-state index is -0.372. The van der Waals surface area contributed by atoms with E-state index in [4.69, 9.17) is 4.74 Å². The molecular weight excluding hydrogens is 387 g/mol. The molecule has 3 rings (SSSR count). The fourth-order valence-electron chi connectivity index (χ4n) is 2.95. The van der Waals surface area contributed by atoms with Gasteiger partial charge in [0.05, 0.1) is 18.8 Å². The largest absolute Gasteiger partial charge is 0.378 e. The fourth-order valence-corrected chi connectivity index (χ4v) is 3.47. The van der Waals surface area contributed by atoms with Gasteiger partial charge in [0.25, 0.3) is 5.91 Å². The lowest BCUT2D eigenvalue weighted by Crippen LogP contribution is -2.37. The van der Waals surface area contributed by atoms with E-state index in [9.17, 15) is 9.18 Å². The molecule has 2 aromatic carbocycles. The summed E-state index contributed by atoms with van der Waals surface area (Å²) in [5.74, 6) is -0.521. The number of hydrogen-bond acceptors (Lipinski definition) is 3. The molecule has 4 nitrogen and oxygen atoms in total. The standard InChI is InChI=1S/C19H20BrFN2O2/c1-22(19(24)16-7-6-15(21)12-17(16)20)13-14-4-2-3-5-18(14)23-8-10-25-11-9-23/h2-7,12H,8-11,13H2,1H3. The second-order valence-corrected chi connectivity index (χ2v) is 6.87. The monoisotopic (exact) mass is 406 g/mol. The average Bonchev–Trinajstić information content (AvgIpc) is 2.62. The second-order valence-electron chi connectivity index (χ2n) is 6.01. The van der Waals surface area contributed by atoms with Gasteiger partial charge in [-0.2, -0.15) is 0 Å². The third kappa shape index (κ3) is 4.19. The first kappa shape index (κ1) is 17.9. The Kier molecular flexibility index (Phi) is 5.71. The van der Waals surface area contributed by atoms with Crippen LogP contribution in [-0.2, 0) is 11.3 Å². The number of benzene rings is 2. The number of nitrogens with zero attached hydrogens (tertiary/aromatic N) is 2. The molecule has 132 valence electrons. The van der Waals surface area contributed by atoms with Crippen LogP contribution >= 0.6 is 15.9 Å². The van der Waals surface area contributed by atoms with Crippen molar-refractivity contribution in [2.75, 3.05) is 38.3 Å². The smallest absolute Gasteiger partial charge is 0.255 e. The minimum Gasteiger partial charge on any atom is -0.378 e. The number of carbonyl (C=O) groups is 1. The van der Waals surface area contributed by atoms with Crippen molar-refractivity contribution < 1.29 is 13.9 Å². The normalized spacial score (nSPS) is 14.4. The highest BCUT2D eigenvalue weighted by atomic mass is 79.9. The number of halogens is 2. The number of para-hydroxylation sites is 1. The van der Waals surface area contributed by atoms with Gasteiger partial charge in [0.2, 0.25) is 0 Å². The van der Waals surface area contributed by atoms with Crippen molar-refractivity contribution in [3.05, 3.63) is 63.9 Å². The van der Waals surface area contributed by atoms with Crippen LogP contribution in [0.3, 0.4) is 0 Å². The van der Waals surface area contributed by atoms with Gasteiger partial charge >= 0.3 is 0 Å². The van der Waals surface area contributed by atoms with Gasteiger partial charge in [0.15, 0.2) is 0 Å². The molecule has 1 heterocycles. The molecule has 0 atom stereocenters. The summed E-state index contributed by atoms with van der Waals surface area (Å²) in [5, 5.41) is 0. The minimum absolute atomic E-state index is 0.149. The van der Waals surface area contributed by atoms with E-state index in [2.05, 4.69) is 26.9 Å². The van der Waals surface area contributed by atoms with Crippen LogP contribution in [-0.4, -0.2) is 44.2 Å². The van der Waals surface area contributed by atoms with E-state index in [0.29, 0.717) is 29.8 Å². The Morgan fingerprint density at radius 2 is 1.96 bits per heavy atom. The quantitative estimate of drug-likeness (QED) is 0.775. The molecule has 1 amide bonds. The van der Waals surface area contributed by atoms with E-state index in [-0.39, 0.29) is 11.7 Å². The molecule has 0 N–H and O–H groups in total. The second kappa shape index (κ2) is 7.97. The first-order chi connectivity index (χ1) is 12.1. The zero-order valence-corrected chi connectivity index (χ0v) is 15.6. The fraction of sp³-hybridized carbons (Fsp3) is 0.316. The summed E-state index contributed by atoms with van der Waals surface area (Å²) in [6.07, 6.45) is 0. The molecule has 0 bridgehead atoms. The maximum atomic E-state index is 13.2. The van der Waals surface area contributed by atoms with Gasteiger partial charge in [-0.05, 0) is 45.8 Å². The Labute approximate surface area is 155 Å². The number of carbonyl (C=O) groups excluding carboxylic acids is 1. The van der Waals surface area contributed by atoms with E-state index in [1.54, 1.807) is 11.9 Å². The number of ether oxygens (including phenoxy) is 1. The Morgan fingerprint density at radius 3 is 2.68 bits per heavy atom. The zero-order chi connectivity index (χ0) is 17.8. The lowest BCUT2D eigenvalue weighted by atomic mass is 10.1. The number of morpholine rings is 1. The highest BCUT2D eigenvalue weighted by Gasteiger charge is 2.19. The molecule has 0 spiro atoms. The van der Waals surface area contributed by atoms with Crippen LogP contribution in [0.15, 0.2) is 46.9 Å². The van der Waals surface area contributed by atoms with Crippen molar-refractivity contribution in [3.8, 4) is 0 Å². The summed E-state index contributed by atoms with van der Waals surface area (Å²) >= 11 is 3.27. The molecule has 1 aliphatic heterocycles. The summed E-state index contributed by atoms with van der Waals surface area (Å²) in [6.45, 7) is 3.60. The van der Waals surface area contributed by atoms with Gasteiger partial charge in [0, 0.05) is 36.8 Å². The summed E-state index contributed by atoms with van der Waals surface area (Å²) < 4.78 is 19.1. The van der Waals surface area contributed by atoms with E-state index in [1.165, 1.54) is 18.2 Å². The molecule has 0 unspecified atom stereocenters. The lowest BCUT2D eigenvalue weighted by Gasteiger charge is -2.31. The first-order valence-electron chi connectivity index (χ1n) is 8.17. The van der Waals surface area contributed by atoms with Gasteiger partial charge in [-0.1, -0.05) is 18.2 Å². The molecule has 0 saturated carbocycles. The van der Waals surface area contributed by atoms with Crippen molar-refractivity contribution in [1.29, 1.82) is 0 Å². The molecule has 2 aromatic rings. The molecular formula is C19H20BrFN2O2. The van der Waals surface area contributed by atoms with Crippen LogP contribution in [0.5, 0.6) is 0 Å². The summed E-state index contributed by atoms with van der Waals surface area (Å²) in [5.41, 5.74) is 2.66. The van der Waals surface area contributed by atoms with Gasteiger partial charge < -0.3 is 14.5 Å². The van der Waals surface area contributed by atoms with Gasteiger partial charge in [0.1, 0.15) is 5.82 Å². The number of hydrogen-bond donors (Lipinski definition) is 0. The third-order valence-corrected chi connectivity index (χ3v) is 4.92. The van der Waals surface area contributed by atoms with Crippen molar-refractivity contribution in [3.63, 3.8) is 0 Å². The van der Waals surface area contributed by atoms with Crippen molar-refractivity contribution in [1.82, 2.24) is 4.90 Å². The first-order valence-corrected chi connectivity index (χ1v) is 8.96. The molecule has 0 aliphatic carbocycles. The molecule has 1 fully saturated rings. The van der Waals surface area contributed by atoms with Crippen LogP contribution in [0.25, 0.3) is 0 Å².